The van der Waals surface area contributed by atoms with Crippen LogP contribution in [-0.2, 0) is 9.59 Å². The first-order valence-electron chi connectivity index (χ1n) is 6.03. The normalized spacial score (nSPS) is 15.3. The molecule has 0 fully saturated rings. The average Bonchev–Trinajstić information content (AvgIpc) is 3.01. The molecule has 1 aromatic heterocycles. The van der Waals surface area contributed by atoms with Crippen LogP contribution >= 0.6 is 11.3 Å². The third-order valence-electron chi connectivity index (χ3n) is 3.18. The molecule has 0 aliphatic carbocycles. The summed E-state index contributed by atoms with van der Waals surface area (Å²) in [7, 11) is 0. The number of carbonyl (C=O) groups is 2. The Hall–Kier alpha value is -2.40. The minimum atomic E-state index is -0.673. The number of hydrogen-bond donors (Lipinski definition) is 1. The first-order chi connectivity index (χ1) is 9.61. The Balaban J connectivity index is 2.10. The van der Waals surface area contributed by atoms with Gasteiger partial charge in [-0.05, 0) is 30.0 Å². The third-order valence-corrected chi connectivity index (χ3v) is 4.07. The maximum Gasteiger partial charge on any atom is 0.301 e. The number of hydrogen-bond acceptors (Lipinski definition) is 4. The van der Waals surface area contributed by atoms with Crippen molar-refractivity contribution in [3.63, 3.8) is 0 Å². The summed E-state index contributed by atoms with van der Waals surface area (Å²) in [6.07, 6.45) is 0. The highest BCUT2D eigenvalue weighted by Crippen LogP contribution is 2.34. The Morgan fingerprint density at radius 2 is 1.80 bits per heavy atom. The Bertz CT molecular complexity index is 731. The van der Waals surface area contributed by atoms with Crippen LogP contribution in [0.1, 0.15) is 10.4 Å². The first kappa shape index (κ1) is 12.6. The second kappa shape index (κ2) is 4.61. The van der Waals surface area contributed by atoms with E-state index < -0.39 is 17.6 Å². The van der Waals surface area contributed by atoms with Gasteiger partial charge in [0.2, 0.25) is 0 Å². The van der Waals surface area contributed by atoms with Crippen LogP contribution in [0.15, 0.2) is 47.5 Å². The Kier molecular flexibility index (Phi) is 2.91. The molecule has 0 radical (unpaired) electrons. The quantitative estimate of drug-likeness (QED) is 0.863. The Labute approximate surface area is 119 Å². The molecule has 100 valence electrons. The van der Waals surface area contributed by atoms with E-state index in [9.17, 15) is 14.7 Å². The van der Waals surface area contributed by atoms with E-state index in [1.54, 1.807) is 29.6 Å². The zero-order chi connectivity index (χ0) is 14.3. The van der Waals surface area contributed by atoms with Crippen molar-refractivity contribution in [1.29, 1.82) is 0 Å². The molecule has 2 amide bonds. The number of anilines is 1. The van der Waals surface area contributed by atoms with Crippen LogP contribution in [0.2, 0.25) is 0 Å². The van der Waals surface area contributed by atoms with E-state index in [2.05, 4.69) is 0 Å². The van der Waals surface area contributed by atoms with Crippen LogP contribution in [-0.4, -0.2) is 16.9 Å². The van der Waals surface area contributed by atoms with Crippen molar-refractivity contribution >= 4 is 34.4 Å². The zero-order valence-electron chi connectivity index (χ0n) is 10.7. The molecule has 0 spiro atoms. The number of para-hydroxylation sites is 1. The molecule has 5 heteroatoms. The molecule has 0 atom stereocenters. The van der Waals surface area contributed by atoms with E-state index in [1.807, 2.05) is 19.1 Å². The van der Waals surface area contributed by atoms with Gasteiger partial charge in [-0.1, -0.05) is 24.3 Å². The number of amides is 2. The van der Waals surface area contributed by atoms with Crippen molar-refractivity contribution in [2.75, 3.05) is 4.90 Å². The first-order valence-corrected chi connectivity index (χ1v) is 6.90. The number of imide groups is 1. The van der Waals surface area contributed by atoms with E-state index in [4.69, 9.17) is 0 Å². The summed E-state index contributed by atoms with van der Waals surface area (Å²) >= 11 is 1.31. The molecule has 1 N–H and O–H groups in total. The number of aryl methyl sites for hydroxylation is 1. The van der Waals surface area contributed by atoms with Crippen LogP contribution in [0.4, 0.5) is 5.69 Å². The van der Waals surface area contributed by atoms with Crippen LogP contribution in [0.5, 0.6) is 0 Å². The lowest BCUT2D eigenvalue weighted by atomic mass is 10.1. The molecule has 0 saturated carbocycles. The van der Waals surface area contributed by atoms with Gasteiger partial charge in [-0.2, -0.15) is 0 Å². The average molecular weight is 285 g/mol. The smallest absolute Gasteiger partial charge is 0.301 e. The lowest BCUT2D eigenvalue weighted by molar-refractivity contribution is -0.121. The molecular formula is C15H11NO3S. The lowest BCUT2D eigenvalue weighted by Crippen LogP contribution is -2.32. The lowest BCUT2D eigenvalue weighted by Gasteiger charge is -2.16. The summed E-state index contributed by atoms with van der Waals surface area (Å²) in [4.78, 5) is 26.3. The Morgan fingerprint density at radius 1 is 1.05 bits per heavy atom. The second-order valence-corrected chi connectivity index (χ2v) is 5.38. The van der Waals surface area contributed by atoms with Crippen molar-refractivity contribution in [3.8, 4) is 0 Å². The van der Waals surface area contributed by atoms with Crippen molar-refractivity contribution in [2.45, 2.75) is 6.92 Å². The van der Waals surface area contributed by atoms with Gasteiger partial charge < -0.3 is 5.11 Å². The van der Waals surface area contributed by atoms with Crippen LogP contribution in [0.3, 0.4) is 0 Å². The number of carbonyl (C=O) groups excluding carboxylic acids is 2. The molecule has 1 aliphatic heterocycles. The van der Waals surface area contributed by atoms with Gasteiger partial charge >= 0.3 is 5.91 Å². The number of benzene rings is 1. The molecule has 1 aromatic carbocycles. The standard InChI is InChI=1S/C15H11NO3S/c1-9-5-2-3-6-10(9)16-14(18)12(13(17)15(16)19)11-7-4-8-20-11/h2-8,17H,1H3. The van der Waals surface area contributed by atoms with E-state index in [1.165, 1.54) is 11.3 Å². The van der Waals surface area contributed by atoms with Gasteiger partial charge in [-0.25, -0.2) is 4.90 Å². The zero-order valence-corrected chi connectivity index (χ0v) is 11.5. The predicted octanol–water partition coefficient (Wildman–Crippen LogP) is 2.90. The number of rotatable bonds is 2. The fourth-order valence-electron chi connectivity index (χ4n) is 2.19. The van der Waals surface area contributed by atoms with Crippen LogP contribution < -0.4 is 4.90 Å². The fourth-order valence-corrected chi connectivity index (χ4v) is 2.96. The largest absolute Gasteiger partial charge is 0.502 e. The Morgan fingerprint density at radius 3 is 2.45 bits per heavy atom. The topological polar surface area (TPSA) is 57.6 Å². The predicted molar refractivity (Wildman–Crippen MR) is 77.5 cm³/mol. The molecular weight excluding hydrogens is 274 g/mol. The summed E-state index contributed by atoms with van der Waals surface area (Å²) in [5, 5.41) is 11.8. The molecule has 3 rings (SSSR count). The second-order valence-electron chi connectivity index (χ2n) is 4.43. The molecule has 1 aliphatic rings. The molecule has 0 bridgehead atoms. The van der Waals surface area contributed by atoms with Gasteiger partial charge in [0.1, 0.15) is 5.57 Å². The van der Waals surface area contributed by atoms with Crippen LogP contribution in [0, 0.1) is 6.92 Å². The highest BCUT2D eigenvalue weighted by molar-refractivity contribution is 7.11. The summed E-state index contributed by atoms with van der Waals surface area (Å²) in [5.41, 5.74) is 1.38. The molecule has 0 saturated heterocycles. The van der Waals surface area contributed by atoms with Gasteiger partial charge in [-0.3, -0.25) is 9.59 Å². The summed E-state index contributed by atoms with van der Waals surface area (Å²) in [6.45, 7) is 1.82. The van der Waals surface area contributed by atoms with Crippen molar-refractivity contribution in [1.82, 2.24) is 0 Å². The van der Waals surface area contributed by atoms with Gasteiger partial charge in [0, 0.05) is 4.88 Å². The van der Waals surface area contributed by atoms with E-state index in [0.717, 1.165) is 10.5 Å². The van der Waals surface area contributed by atoms with Gasteiger partial charge in [-0.15, -0.1) is 11.3 Å². The maximum atomic E-state index is 12.5. The molecule has 4 nitrogen and oxygen atoms in total. The highest BCUT2D eigenvalue weighted by atomic mass is 32.1. The maximum absolute atomic E-state index is 12.5. The van der Waals surface area contributed by atoms with Crippen molar-refractivity contribution in [2.24, 2.45) is 0 Å². The number of aliphatic hydroxyl groups is 1. The molecule has 20 heavy (non-hydrogen) atoms. The van der Waals surface area contributed by atoms with E-state index >= 15 is 0 Å². The van der Waals surface area contributed by atoms with Gasteiger partial charge in [0.05, 0.1) is 5.69 Å². The summed E-state index contributed by atoms with van der Waals surface area (Å²) in [6, 6.07) is 10.6. The highest BCUT2D eigenvalue weighted by Gasteiger charge is 2.41. The molecule has 2 heterocycles. The van der Waals surface area contributed by atoms with Gasteiger partial charge in [0.15, 0.2) is 5.76 Å². The fraction of sp³-hybridized carbons (Fsp3) is 0.0667. The van der Waals surface area contributed by atoms with Crippen LogP contribution in [0.25, 0.3) is 5.57 Å². The number of thiophene rings is 1. The number of aliphatic hydroxyl groups excluding tert-OH is 1. The van der Waals surface area contributed by atoms with Gasteiger partial charge in [0.25, 0.3) is 5.91 Å². The monoisotopic (exact) mass is 285 g/mol. The van der Waals surface area contributed by atoms with E-state index in [0.29, 0.717) is 10.6 Å². The SMILES string of the molecule is Cc1ccccc1N1C(=O)C(O)=C(c2cccs2)C1=O. The van der Waals surface area contributed by atoms with Crippen molar-refractivity contribution < 1.29 is 14.7 Å². The van der Waals surface area contributed by atoms with E-state index in [-0.39, 0.29) is 5.57 Å². The number of nitrogens with zero attached hydrogens (tertiary/aromatic N) is 1. The summed E-state index contributed by atoms with van der Waals surface area (Å²) < 4.78 is 0. The summed E-state index contributed by atoms with van der Waals surface area (Å²) in [5.74, 6) is -1.64. The molecule has 2 aromatic rings. The molecule has 0 unspecified atom stereocenters. The minimum Gasteiger partial charge on any atom is -0.502 e. The third kappa shape index (κ3) is 1.75. The van der Waals surface area contributed by atoms with Crippen molar-refractivity contribution in [3.05, 3.63) is 58.0 Å². The minimum absolute atomic E-state index is 0.0771.